The molecule has 5 aromatic rings. The SMILES string of the molecule is O=CNc1cccc2[nH]c(-c3ccc4oc(C(=O)c5ccc(F)cc5)cc4c3)nc12. The van der Waals surface area contributed by atoms with Crippen molar-refractivity contribution in [3.05, 3.63) is 83.9 Å². The van der Waals surface area contributed by atoms with Crippen LogP contribution < -0.4 is 5.32 Å². The predicted octanol–water partition coefficient (Wildman–Crippen LogP) is 4.91. The average Bonchev–Trinajstić information content (AvgIpc) is 3.38. The van der Waals surface area contributed by atoms with E-state index in [1.165, 1.54) is 24.3 Å². The van der Waals surface area contributed by atoms with Gasteiger partial charge in [-0.15, -0.1) is 0 Å². The van der Waals surface area contributed by atoms with E-state index in [1.54, 1.807) is 18.2 Å². The number of imidazole rings is 1. The van der Waals surface area contributed by atoms with Gasteiger partial charge in [0, 0.05) is 16.5 Å². The number of para-hydroxylation sites is 1. The van der Waals surface area contributed by atoms with Gasteiger partial charge in [-0.2, -0.15) is 0 Å². The van der Waals surface area contributed by atoms with Crippen molar-refractivity contribution in [2.45, 2.75) is 0 Å². The third-order valence-electron chi connectivity index (χ3n) is 4.85. The topological polar surface area (TPSA) is 88.0 Å². The molecule has 30 heavy (non-hydrogen) atoms. The quantitative estimate of drug-likeness (QED) is 0.325. The number of ketones is 1. The van der Waals surface area contributed by atoms with Crippen molar-refractivity contribution in [1.82, 2.24) is 9.97 Å². The zero-order chi connectivity index (χ0) is 20.7. The van der Waals surface area contributed by atoms with Gasteiger partial charge in [-0.1, -0.05) is 6.07 Å². The molecule has 7 heteroatoms. The van der Waals surface area contributed by atoms with E-state index in [0.29, 0.717) is 34.6 Å². The molecule has 0 radical (unpaired) electrons. The molecular formula is C23H14FN3O3. The first-order valence-corrected chi connectivity index (χ1v) is 9.15. The molecule has 0 saturated carbocycles. The van der Waals surface area contributed by atoms with Gasteiger partial charge in [-0.25, -0.2) is 9.37 Å². The van der Waals surface area contributed by atoms with E-state index >= 15 is 0 Å². The summed E-state index contributed by atoms with van der Waals surface area (Å²) in [4.78, 5) is 31.3. The number of amides is 1. The van der Waals surface area contributed by atoms with Crippen molar-refractivity contribution in [2.75, 3.05) is 5.32 Å². The van der Waals surface area contributed by atoms with Crippen molar-refractivity contribution < 1.29 is 18.4 Å². The van der Waals surface area contributed by atoms with E-state index in [9.17, 15) is 14.0 Å². The Balaban J connectivity index is 1.53. The zero-order valence-electron chi connectivity index (χ0n) is 15.5. The number of anilines is 1. The first-order chi connectivity index (χ1) is 14.6. The fourth-order valence-corrected chi connectivity index (χ4v) is 3.39. The highest BCUT2D eigenvalue weighted by Crippen LogP contribution is 2.29. The molecule has 0 aliphatic rings. The van der Waals surface area contributed by atoms with Gasteiger partial charge in [-0.05, 0) is 60.7 Å². The predicted molar refractivity (Wildman–Crippen MR) is 111 cm³/mol. The van der Waals surface area contributed by atoms with Crippen LogP contribution in [0.2, 0.25) is 0 Å². The highest BCUT2D eigenvalue weighted by molar-refractivity contribution is 6.09. The molecule has 0 atom stereocenters. The van der Waals surface area contributed by atoms with Gasteiger partial charge in [0.1, 0.15) is 22.7 Å². The van der Waals surface area contributed by atoms with Crippen LogP contribution in [-0.2, 0) is 4.79 Å². The fourth-order valence-electron chi connectivity index (χ4n) is 3.39. The second kappa shape index (κ2) is 6.97. The average molecular weight is 399 g/mol. The first kappa shape index (κ1) is 17.8. The van der Waals surface area contributed by atoms with Crippen LogP contribution in [0, 0.1) is 5.82 Å². The number of hydrogen-bond donors (Lipinski definition) is 2. The monoisotopic (exact) mass is 399 g/mol. The lowest BCUT2D eigenvalue weighted by molar-refractivity contribution is -0.105. The van der Waals surface area contributed by atoms with Crippen LogP contribution >= 0.6 is 0 Å². The maximum Gasteiger partial charge on any atom is 0.228 e. The molecule has 5 rings (SSSR count). The lowest BCUT2D eigenvalue weighted by Gasteiger charge is -1.97. The highest BCUT2D eigenvalue weighted by Gasteiger charge is 2.16. The second-order valence-corrected chi connectivity index (χ2v) is 6.75. The molecule has 1 amide bonds. The molecule has 0 unspecified atom stereocenters. The Morgan fingerprint density at radius 2 is 1.90 bits per heavy atom. The van der Waals surface area contributed by atoms with Crippen LogP contribution in [0.15, 0.2) is 71.1 Å². The van der Waals surface area contributed by atoms with E-state index in [0.717, 1.165) is 16.5 Å². The summed E-state index contributed by atoms with van der Waals surface area (Å²) in [5.74, 6) is 0.0784. The molecule has 0 aliphatic heterocycles. The Bertz CT molecular complexity index is 1420. The number of carbonyl (C=O) groups is 2. The van der Waals surface area contributed by atoms with Crippen LogP contribution in [-0.4, -0.2) is 22.2 Å². The molecular weight excluding hydrogens is 385 g/mol. The van der Waals surface area contributed by atoms with Gasteiger partial charge >= 0.3 is 0 Å². The molecule has 2 N–H and O–H groups in total. The summed E-state index contributed by atoms with van der Waals surface area (Å²) in [6, 6.07) is 17.9. The second-order valence-electron chi connectivity index (χ2n) is 6.75. The summed E-state index contributed by atoms with van der Waals surface area (Å²) in [5, 5.41) is 3.38. The molecule has 2 heterocycles. The van der Waals surface area contributed by atoms with E-state index in [2.05, 4.69) is 15.3 Å². The van der Waals surface area contributed by atoms with Crippen LogP contribution in [0.25, 0.3) is 33.4 Å². The van der Waals surface area contributed by atoms with Crippen LogP contribution in [0.3, 0.4) is 0 Å². The van der Waals surface area contributed by atoms with E-state index in [-0.39, 0.29) is 11.5 Å². The maximum atomic E-state index is 13.1. The third kappa shape index (κ3) is 3.02. The molecule has 0 saturated heterocycles. The number of furan rings is 1. The molecule has 2 aromatic heterocycles. The number of rotatable bonds is 5. The molecule has 0 bridgehead atoms. The maximum absolute atomic E-state index is 13.1. The van der Waals surface area contributed by atoms with E-state index < -0.39 is 5.82 Å². The van der Waals surface area contributed by atoms with Gasteiger partial charge < -0.3 is 14.7 Å². The van der Waals surface area contributed by atoms with Crippen LogP contribution in [0.1, 0.15) is 16.1 Å². The number of nitrogens with zero attached hydrogens (tertiary/aromatic N) is 1. The van der Waals surface area contributed by atoms with Crippen molar-refractivity contribution in [3.8, 4) is 11.4 Å². The van der Waals surface area contributed by atoms with Gasteiger partial charge in [-0.3, -0.25) is 9.59 Å². The van der Waals surface area contributed by atoms with Gasteiger partial charge in [0.2, 0.25) is 12.2 Å². The minimum Gasteiger partial charge on any atom is -0.453 e. The first-order valence-electron chi connectivity index (χ1n) is 9.15. The summed E-state index contributed by atoms with van der Waals surface area (Å²) >= 11 is 0. The minimum absolute atomic E-state index is 0.177. The Hall–Kier alpha value is -4.26. The fraction of sp³-hybridized carbons (Fsp3) is 0. The molecule has 0 aliphatic carbocycles. The van der Waals surface area contributed by atoms with E-state index in [1.807, 2.05) is 24.3 Å². The van der Waals surface area contributed by atoms with Crippen LogP contribution in [0.5, 0.6) is 0 Å². The van der Waals surface area contributed by atoms with Gasteiger partial charge in [0.15, 0.2) is 5.76 Å². The number of halogens is 1. The smallest absolute Gasteiger partial charge is 0.228 e. The van der Waals surface area contributed by atoms with Gasteiger partial charge in [0.25, 0.3) is 0 Å². The standard InChI is InChI=1S/C23H14FN3O3/c24-16-7-4-13(5-8-16)22(29)20-11-15-10-14(6-9-19(15)30-20)23-26-18-3-1-2-17(25-12-28)21(18)27-23/h1-12H,(H,25,28)(H,26,27). The number of fused-ring (bicyclic) bond motifs is 2. The van der Waals surface area contributed by atoms with Crippen molar-refractivity contribution in [3.63, 3.8) is 0 Å². The lowest BCUT2D eigenvalue weighted by atomic mass is 10.1. The molecule has 146 valence electrons. The number of hydrogen-bond acceptors (Lipinski definition) is 4. The number of carbonyl (C=O) groups excluding carboxylic acids is 2. The Labute approximate surface area is 169 Å². The summed E-state index contributed by atoms with van der Waals surface area (Å²) in [6.07, 6.45) is 0.611. The van der Waals surface area contributed by atoms with Crippen molar-refractivity contribution in [2.24, 2.45) is 0 Å². The number of aromatic amines is 1. The third-order valence-corrected chi connectivity index (χ3v) is 4.85. The number of aromatic nitrogens is 2. The highest BCUT2D eigenvalue weighted by atomic mass is 19.1. The van der Waals surface area contributed by atoms with Crippen LogP contribution in [0.4, 0.5) is 10.1 Å². The summed E-state index contributed by atoms with van der Waals surface area (Å²) in [5.41, 5.74) is 3.76. The number of benzene rings is 3. The summed E-state index contributed by atoms with van der Waals surface area (Å²) in [7, 11) is 0. The minimum atomic E-state index is -0.405. The normalized spacial score (nSPS) is 11.1. The largest absolute Gasteiger partial charge is 0.453 e. The van der Waals surface area contributed by atoms with E-state index in [4.69, 9.17) is 4.42 Å². The number of H-pyrrole nitrogens is 1. The Morgan fingerprint density at radius 1 is 1.07 bits per heavy atom. The Morgan fingerprint density at radius 3 is 2.70 bits per heavy atom. The molecule has 0 spiro atoms. The Kier molecular flexibility index (Phi) is 4.14. The molecule has 0 fully saturated rings. The lowest BCUT2D eigenvalue weighted by Crippen LogP contribution is -1.99. The van der Waals surface area contributed by atoms with Crippen molar-refractivity contribution in [1.29, 1.82) is 0 Å². The summed E-state index contributed by atoms with van der Waals surface area (Å²) < 4.78 is 18.8. The zero-order valence-corrected chi connectivity index (χ0v) is 15.5. The van der Waals surface area contributed by atoms with Gasteiger partial charge in [0.05, 0.1) is 11.2 Å². The summed E-state index contributed by atoms with van der Waals surface area (Å²) in [6.45, 7) is 0. The molecule has 3 aromatic carbocycles. The molecule has 6 nitrogen and oxygen atoms in total. The van der Waals surface area contributed by atoms with Crippen molar-refractivity contribution >= 4 is 39.9 Å². The number of nitrogens with one attached hydrogen (secondary N) is 2.